The van der Waals surface area contributed by atoms with E-state index in [1.54, 1.807) is 0 Å². The van der Waals surface area contributed by atoms with E-state index >= 15 is 0 Å². The average molecular weight is 401 g/mol. The summed E-state index contributed by atoms with van der Waals surface area (Å²) in [4.78, 5) is 11.0. The summed E-state index contributed by atoms with van der Waals surface area (Å²) in [5.41, 5.74) is 2.61. The van der Waals surface area contributed by atoms with E-state index in [1.807, 2.05) is 11.3 Å². The number of thiophene rings is 1. The Hall–Kier alpha value is -1.89. The first kappa shape index (κ1) is 20.8. The quantitative estimate of drug-likeness (QED) is 0.546. The fraction of sp³-hybridized carbons (Fsp3) is 0.500. The Balaban J connectivity index is 1.57. The highest BCUT2D eigenvalue weighted by Gasteiger charge is 2.11. The monoisotopic (exact) mass is 400 g/mol. The SMILES string of the molecule is CCNC(=NCc1cccc(CN2CCOCC2)c1)N(C)CCc1cccs1. The van der Waals surface area contributed by atoms with Crippen molar-refractivity contribution in [2.45, 2.75) is 26.4 Å². The van der Waals surface area contributed by atoms with Gasteiger partial charge in [-0.25, -0.2) is 4.99 Å². The lowest BCUT2D eigenvalue weighted by molar-refractivity contribution is 0.0342. The first-order chi connectivity index (χ1) is 13.7. The van der Waals surface area contributed by atoms with Gasteiger partial charge in [0, 0.05) is 44.6 Å². The topological polar surface area (TPSA) is 40.1 Å². The lowest BCUT2D eigenvalue weighted by atomic mass is 10.1. The maximum Gasteiger partial charge on any atom is 0.193 e. The largest absolute Gasteiger partial charge is 0.379 e. The molecule has 2 aromatic rings. The van der Waals surface area contributed by atoms with Crippen LogP contribution in [0.25, 0.3) is 0 Å². The van der Waals surface area contributed by atoms with E-state index in [-0.39, 0.29) is 0 Å². The molecule has 0 aliphatic carbocycles. The standard InChI is InChI=1S/C22H32N4OS/c1-3-23-22(25(2)10-9-21-8-5-15-28-21)24-17-19-6-4-7-20(16-19)18-26-11-13-27-14-12-26/h4-8,15-16H,3,9-14,17-18H2,1-2H3,(H,23,24). The average Bonchev–Trinajstić information content (AvgIpc) is 3.24. The molecule has 0 amide bonds. The van der Waals surface area contributed by atoms with Crippen LogP contribution in [-0.4, -0.2) is 62.2 Å². The molecule has 0 bridgehead atoms. The molecule has 5 nitrogen and oxygen atoms in total. The normalized spacial score (nSPS) is 15.6. The summed E-state index contributed by atoms with van der Waals surface area (Å²) in [6.45, 7) is 9.35. The number of morpholine rings is 1. The maximum absolute atomic E-state index is 5.44. The second-order valence-electron chi connectivity index (χ2n) is 7.13. The second kappa shape index (κ2) is 11.2. The molecule has 1 saturated heterocycles. The molecule has 1 aliphatic heterocycles. The van der Waals surface area contributed by atoms with Crippen LogP contribution in [0, 0.1) is 0 Å². The number of hydrogen-bond donors (Lipinski definition) is 1. The predicted octanol–water partition coefficient (Wildman–Crippen LogP) is 3.22. The van der Waals surface area contributed by atoms with Crippen LogP contribution in [0.3, 0.4) is 0 Å². The van der Waals surface area contributed by atoms with Gasteiger partial charge in [-0.3, -0.25) is 4.90 Å². The van der Waals surface area contributed by atoms with Gasteiger partial charge >= 0.3 is 0 Å². The summed E-state index contributed by atoms with van der Waals surface area (Å²) in [6, 6.07) is 13.1. The number of nitrogens with one attached hydrogen (secondary N) is 1. The van der Waals surface area contributed by atoms with Crippen LogP contribution < -0.4 is 5.32 Å². The summed E-state index contributed by atoms with van der Waals surface area (Å²) < 4.78 is 5.44. The molecule has 28 heavy (non-hydrogen) atoms. The van der Waals surface area contributed by atoms with Crippen LogP contribution in [0.15, 0.2) is 46.8 Å². The molecule has 1 aliphatic rings. The first-order valence-corrected chi connectivity index (χ1v) is 11.0. The van der Waals surface area contributed by atoms with Crippen molar-refractivity contribution in [3.63, 3.8) is 0 Å². The van der Waals surface area contributed by atoms with Gasteiger partial charge in [0.2, 0.25) is 0 Å². The summed E-state index contributed by atoms with van der Waals surface area (Å²) in [6.07, 6.45) is 1.05. The molecule has 3 rings (SSSR count). The molecule has 0 radical (unpaired) electrons. The van der Waals surface area contributed by atoms with E-state index in [4.69, 9.17) is 9.73 Å². The Bertz CT molecular complexity index is 726. The number of likely N-dealkylation sites (N-methyl/N-ethyl adjacent to an activating group) is 1. The van der Waals surface area contributed by atoms with E-state index in [0.29, 0.717) is 6.54 Å². The Labute approximate surface area is 173 Å². The van der Waals surface area contributed by atoms with Crippen LogP contribution in [0.4, 0.5) is 0 Å². The zero-order chi connectivity index (χ0) is 19.6. The molecule has 1 aromatic heterocycles. The van der Waals surface area contributed by atoms with Crippen molar-refractivity contribution in [2.75, 3.05) is 46.4 Å². The summed E-state index contributed by atoms with van der Waals surface area (Å²) in [7, 11) is 2.12. The molecule has 2 heterocycles. The highest BCUT2D eigenvalue weighted by molar-refractivity contribution is 7.09. The molecule has 0 atom stereocenters. The van der Waals surface area contributed by atoms with Gasteiger partial charge < -0.3 is 15.0 Å². The maximum atomic E-state index is 5.44. The van der Waals surface area contributed by atoms with Crippen molar-refractivity contribution in [3.8, 4) is 0 Å². The third-order valence-electron chi connectivity index (χ3n) is 4.88. The van der Waals surface area contributed by atoms with Gasteiger partial charge in [0.25, 0.3) is 0 Å². The van der Waals surface area contributed by atoms with E-state index in [2.05, 4.69) is 70.9 Å². The Morgan fingerprint density at radius 1 is 1.21 bits per heavy atom. The molecule has 1 fully saturated rings. The highest BCUT2D eigenvalue weighted by Crippen LogP contribution is 2.12. The van der Waals surface area contributed by atoms with Crippen molar-refractivity contribution in [3.05, 3.63) is 57.8 Å². The summed E-state index contributed by atoms with van der Waals surface area (Å²) in [5, 5.41) is 5.56. The van der Waals surface area contributed by atoms with Crippen LogP contribution >= 0.6 is 11.3 Å². The summed E-state index contributed by atoms with van der Waals surface area (Å²) in [5.74, 6) is 0.970. The molecule has 152 valence electrons. The second-order valence-corrected chi connectivity index (χ2v) is 8.16. The number of ether oxygens (including phenoxy) is 1. The number of nitrogens with zero attached hydrogens (tertiary/aromatic N) is 3. The van der Waals surface area contributed by atoms with Gasteiger partial charge in [-0.05, 0) is 35.9 Å². The lowest BCUT2D eigenvalue weighted by Gasteiger charge is -2.26. The van der Waals surface area contributed by atoms with Gasteiger partial charge in [-0.2, -0.15) is 0 Å². The molecular weight excluding hydrogens is 368 g/mol. The van der Waals surface area contributed by atoms with Crippen molar-refractivity contribution in [1.29, 1.82) is 0 Å². The van der Waals surface area contributed by atoms with E-state index in [9.17, 15) is 0 Å². The summed E-state index contributed by atoms with van der Waals surface area (Å²) >= 11 is 1.82. The van der Waals surface area contributed by atoms with Gasteiger partial charge in [0.05, 0.1) is 19.8 Å². The van der Waals surface area contributed by atoms with Crippen molar-refractivity contribution in [1.82, 2.24) is 15.1 Å². The molecule has 6 heteroatoms. The van der Waals surface area contributed by atoms with Crippen LogP contribution in [0.2, 0.25) is 0 Å². The third-order valence-corrected chi connectivity index (χ3v) is 5.82. The Kier molecular flexibility index (Phi) is 8.33. The predicted molar refractivity (Wildman–Crippen MR) is 118 cm³/mol. The molecule has 1 N–H and O–H groups in total. The fourth-order valence-corrected chi connectivity index (χ4v) is 4.02. The van der Waals surface area contributed by atoms with Gasteiger partial charge in [-0.1, -0.05) is 30.3 Å². The molecule has 1 aromatic carbocycles. The highest BCUT2D eigenvalue weighted by atomic mass is 32.1. The van der Waals surface area contributed by atoms with Crippen molar-refractivity contribution >= 4 is 17.3 Å². The van der Waals surface area contributed by atoms with E-state index in [0.717, 1.165) is 58.3 Å². The zero-order valence-corrected chi connectivity index (χ0v) is 17.9. The van der Waals surface area contributed by atoms with Gasteiger partial charge in [0.1, 0.15) is 0 Å². The van der Waals surface area contributed by atoms with Crippen LogP contribution in [0.1, 0.15) is 22.9 Å². The number of guanidine groups is 1. The van der Waals surface area contributed by atoms with Gasteiger partial charge in [0.15, 0.2) is 5.96 Å². The minimum absolute atomic E-state index is 0.697. The first-order valence-electron chi connectivity index (χ1n) is 10.1. The Morgan fingerprint density at radius 2 is 2.04 bits per heavy atom. The molecule has 0 saturated carbocycles. The van der Waals surface area contributed by atoms with Crippen LogP contribution in [-0.2, 0) is 24.2 Å². The fourth-order valence-electron chi connectivity index (χ4n) is 3.32. The van der Waals surface area contributed by atoms with Crippen molar-refractivity contribution < 1.29 is 4.74 Å². The lowest BCUT2D eigenvalue weighted by Crippen LogP contribution is -2.39. The van der Waals surface area contributed by atoms with E-state index < -0.39 is 0 Å². The number of aliphatic imine (C=N–C) groups is 1. The number of hydrogen-bond acceptors (Lipinski definition) is 4. The minimum atomic E-state index is 0.697. The number of benzene rings is 1. The van der Waals surface area contributed by atoms with E-state index in [1.165, 1.54) is 16.0 Å². The van der Waals surface area contributed by atoms with Crippen molar-refractivity contribution in [2.24, 2.45) is 4.99 Å². The van der Waals surface area contributed by atoms with Crippen LogP contribution in [0.5, 0.6) is 0 Å². The third kappa shape index (κ3) is 6.62. The molecular formula is C22H32N4OS. The molecule has 0 spiro atoms. The number of rotatable bonds is 8. The smallest absolute Gasteiger partial charge is 0.193 e. The Morgan fingerprint density at radius 3 is 2.79 bits per heavy atom. The van der Waals surface area contributed by atoms with Gasteiger partial charge in [-0.15, -0.1) is 11.3 Å². The molecule has 0 unspecified atom stereocenters. The zero-order valence-electron chi connectivity index (χ0n) is 17.1. The minimum Gasteiger partial charge on any atom is -0.379 e.